The zero-order valence-electron chi connectivity index (χ0n) is 8.04. The van der Waals surface area contributed by atoms with Gasteiger partial charge in [-0.15, -0.1) is 6.58 Å². The molecule has 0 unspecified atom stereocenters. The zero-order chi connectivity index (χ0) is 11.1. The molecule has 0 saturated carbocycles. The van der Waals surface area contributed by atoms with E-state index in [0.717, 1.165) is 23.9 Å². The van der Waals surface area contributed by atoms with Crippen LogP contribution in [0.25, 0.3) is 0 Å². The monoisotopic (exact) mass is 307 g/mol. The molecule has 0 amide bonds. The first-order chi connectivity index (χ1) is 7.25. The summed E-state index contributed by atoms with van der Waals surface area (Å²) in [5.74, 6) is 2.70. The van der Waals surface area contributed by atoms with Crippen LogP contribution in [0.1, 0.15) is 0 Å². The van der Waals surface area contributed by atoms with Crippen molar-refractivity contribution in [2.24, 2.45) is 0 Å². The first-order valence-corrected chi connectivity index (χ1v) is 6.66. The van der Waals surface area contributed by atoms with Crippen LogP contribution in [-0.4, -0.2) is 28.0 Å². The highest BCUT2D eigenvalue weighted by Crippen LogP contribution is 2.25. The van der Waals surface area contributed by atoms with E-state index in [0.29, 0.717) is 9.63 Å². The van der Waals surface area contributed by atoms with Gasteiger partial charge in [0.05, 0.1) is 4.47 Å². The quantitative estimate of drug-likeness (QED) is 0.497. The van der Waals surface area contributed by atoms with Crippen LogP contribution in [0.3, 0.4) is 0 Å². The van der Waals surface area contributed by atoms with Gasteiger partial charge in [0.15, 0.2) is 0 Å². The highest BCUT2D eigenvalue weighted by molar-refractivity contribution is 9.10. The first kappa shape index (κ1) is 12.8. The molecule has 1 N–H and O–H groups in total. The van der Waals surface area contributed by atoms with Gasteiger partial charge in [-0.3, -0.25) is 0 Å². The lowest BCUT2D eigenvalue weighted by Gasteiger charge is -2.06. The summed E-state index contributed by atoms with van der Waals surface area (Å²) in [6.45, 7) is 4.49. The van der Waals surface area contributed by atoms with Gasteiger partial charge in [-0.1, -0.05) is 17.7 Å². The summed E-state index contributed by atoms with van der Waals surface area (Å²) in [6, 6.07) is 0. The molecule has 82 valence electrons. The minimum Gasteiger partial charge on any atom is -0.368 e. The molecule has 0 bridgehead atoms. The number of aromatic nitrogens is 2. The van der Waals surface area contributed by atoms with Gasteiger partial charge in [-0.2, -0.15) is 11.8 Å². The Morgan fingerprint density at radius 3 is 3.13 bits per heavy atom. The van der Waals surface area contributed by atoms with E-state index in [-0.39, 0.29) is 0 Å². The van der Waals surface area contributed by atoms with Gasteiger partial charge in [-0.25, -0.2) is 9.97 Å². The van der Waals surface area contributed by atoms with Crippen molar-refractivity contribution >= 4 is 45.1 Å². The predicted molar refractivity (Wildman–Crippen MR) is 70.8 cm³/mol. The second-order valence-electron chi connectivity index (χ2n) is 2.62. The largest absolute Gasteiger partial charge is 0.368 e. The van der Waals surface area contributed by atoms with Crippen LogP contribution in [0.2, 0.25) is 5.15 Å². The SMILES string of the molecule is C=CCSCCNc1ncnc(Cl)c1Br. The Bertz CT molecular complexity index is 335. The van der Waals surface area contributed by atoms with Crippen molar-refractivity contribution < 1.29 is 0 Å². The van der Waals surface area contributed by atoms with Crippen molar-refractivity contribution in [3.05, 3.63) is 28.6 Å². The first-order valence-electron chi connectivity index (χ1n) is 4.34. The normalized spacial score (nSPS) is 10.0. The Morgan fingerprint density at radius 2 is 2.40 bits per heavy atom. The molecular weight excluding hydrogens is 298 g/mol. The van der Waals surface area contributed by atoms with E-state index in [1.807, 2.05) is 17.8 Å². The predicted octanol–water partition coefficient (Wildman–Crippen LogP) is 3.22. The number of anilines is 1. The summed E-state index contributed by atoms with van der Waals surface area (Å²) in [5.41, 5.74) is 0. The minimum atomic E-state index is 0.422. The number of thioether (sulfide) groups is 1. The lowest BCUT2D eigenvalue weighted by Crippen LogP contribution is -2.06. The summed E-state index contributed by atoms with van der Waals surface area (Å²) in [5, 5.41) is 3.60. The maximum absolute atomic E-state index is 5.82. The topological polar surface area (TPSA) is 37.8 Å². The summed E-state index contributed by atoms with van der Waals surface area (Å²) in [6.07, 6.45) is 3.33. The number of rotatable bonds is 6. The molecule has 0 spiro atoms. The van der Waals surface area contributed by atoms with E-state index < -0.39 is 0 Å². The number of nitrogens with zero attached hydrogens (tertiary/aromatic N) is 2. The van der Waals surface area contributed by atoms with Gasteiger partial charge in [-0.05, 0) is 15.9 Å². The fourth-order valence-corrected chi connectivity index (χ4v) is 1.94. The van der Waals surface area contributed by atoms with Crippen molar-refractivity contribution in [2.45, 2.75) is 0 Å². The molecule has 0 aliphatic carbocycles. The van der Waals surface area contributed by atoms with Crippen LogP contribution in [0.5, 0.6) is 0 Å². The van der Waals surface area contributed by atoms with Crippen molar-refractivity contribution in [1.82, 2.24) is 9.97 Å². The molecular formula is C9H11BrClN3S. The molecule has 0 aliphatic rings. The zero-order valence-corrected chi connectivity index (χ0v) is 11.2. The third kappa shape index (κ3) is 4.40. The summed E-state index contributed by atoms with van der Waals surface area (Å²) >= 11 is 11.0. The summed E-state index contributed by atoms with van der Waals surface area (Å²) < 4.78 is 0.709. The molecule has 1 rings (SSSR count). The van der Waals surface area contributed by atoms with Gasteiger partial charge in [0, 0.05) is 18.1 Å². The molecule has 0 aliphatic heterocycles. The number of halogens is 2. The van der Waals surface area contributed by atoms with E-state index in [2.05, 4.69) is 37.8 Å². The van der Waals surface area contributed by atoms with Gasteiger partial charge < -0.3 is 5.32 Å². The molecule has 1 aromatic heterocycles. The minimum absolute atomic E-state index is 0.422. The molecule has 3 nitrogen and oxygen atoms in total. The van der Waals surface area contributed by atoms with Crippen molar-refractivity contribution in [2.75, 3.05) is 23.4 Å². The van der Waals surface area contributed by atoms with E-state index in [1.54, 1.807) is 0 Å². The Labute approximate surface area is 107 Å². The standard InChI is InChI=1S/C9H11BrClN3S/c1-2-4-15-5-3-12-9-7(10)8(11)13-6-14-9/h2,6H,1,3-5H2,(H,12,13,14). The molecule has 1 aromatic rings. The fraction of sp³-hybridized carbons (Fsp3) is 0.333. The van der Waals surface area contributed by atoms with Gasteiger partial charge in [0.2, 0.25) is 0 Å². The molecule has 1 heterocycles. The molecule has 0 aromatic carbocycles. The second kappa shape index (κ2) is 7.09. The van der Waals surface area contributed by atoms with E-state index in [4.69, 9.17) is 11.6 Å². The lowest BCUT2D eigenvalue weighted by atomic mass is 10.5. The summed E-state index contributed by atoms with van der Waals surface area (Å²) in [7, 11) is 0. The van der Waals surface area contributed by atoms with Crippen LogP contribution in [-0.2, 0) is 0 Å². The number of nitrogens with one attached hydrogen (secondary N) is 1. The number of hydrogen-bond donors (Lipinski definition) is 1. The van der Waals surface area contributed by atoms with Gasteiger partial charge in [0.1, 0.15) is 17.3 Å². The van der Waals surface area contributed by atoms with E-state index in [9.17, 15) is 0 Å². The second-order valence-corrected chi connectivity index (χ2v) is 4.92. The van der Waals surface area contributed by atoms with E-state index >= 15 is 0 Å². The average Bonchev–Trinajstić information content (AvgIpc) is 2.24. The molecule has 0 saturated heterocycles. The highest BCUT2D eigenvalue weighted by atomic mass is 79.9. The Balaban J connectivity index is 2.37. The molecule has 0 radical (unpaired) electrons. The Morgan fingerprint density at radius 1 is 1.60 bits per heavy atom. The van der Waals surface area contributed by atoms with Crippen LogP contribution in [0.4, 0.5) is 5.82 Å². The van der Waals surface area contributed by atoms with Crippen LogP contribution < -0.4 is 5.32 Å². The number of hydrogen-bond acceptors (Lipinski definition) is 4. The molecule has 0 atom stereocenters. The van der Waals surface area contributed by atoms with Crippen LogP contribution >= 0.6 is 39.3 Å². The maximum Gasteiger partial charge on any atom is 0.148 e. The highest BCUT2D eigenvalue weighted by Gasteiger charge is 2.04. The Kier molecular flexibility index (Phi) is 6.05. The molecule has 15 heavy (non-hydrogen) atoms. The van der Waals surface area contributed by atoms with Crippen molar-refractivity contribution in [1.29, 1.82) is 0 Å². The van der Waals surface area contributed by atoms with Crippen molar-refractivity contribution in [3.63, 3.8) is 0 Å². The Hall–Kier alpha value is -0.260. The van der Waals surface area contributed by atoms with Crippen LogP contribution in [0, 0.1) is 0 Å². The van der Waals surface area contributed by atoms with Crippen LogP contribution in [0.15, 0.2) is 23.5 Å². The third-order valence-corrected chi connectivity index (χ3v) is 3.75. The van der Waals surface area contributed by atoms with Gasteiger partial charge >= 0.3 is 0 Å². The van der Waals surface area contributed by atoms with Crippen molar-refractivity contribution in [3.8, 4) is 0 Å². The van der Waals surface area contributed by atoms with E-state index in [1.165, 1.54) is 6.33 Å². The smallest absolute Gasteiger partial charge is 0.148 e. The molecule has 0 fully saturated rings. The molecule has 6 heteroatoms. The summed E-state index contributed by atoms with van der Waals surface area (Å²) in [4.78, 5) is 7.92. The van der Waals surface area contributed by atoms with Gasteiger partial charge in [0.25, 0.3) is 0 Å². The fourth-order valence-electron chi connectivity index (χ4n) is 0.880. The third-order valence-electron chi connectivity index (χ3n) is 1.52. The lowest BCUT2D eigenvalue weighted by molar-refractivity contribution is 1.10. The average molecular weight is 309 g/mol. The maximum atomic E-state index is 5.82.